The van der Waals surface area contributed by atoms with Gasteiger partial charge in [0, 0.05) is 18.5 Å². The monoisotopic (exact) mass is 396 g/mol. The van der Waals surface area contributed by atoms with Gasteiger partial charge in [0.05, 0.1) is 35.5 Å². The molecule has 0 N–H and O–H groups in total. The molecule has 3 aromatic rings. The molecule has 0 aliphatic carbocycles. The highest BCUT2D eigenvalue weighted by atomic mass is 32.1. The summed E-state index contributed by atoms with van der Waals surface area (Å²) in [5.74, 6) is -0.316. The van der Waals surface area contributed by atoms with Crippen molar-refractivity contribution < 1.29 is 19.1 Å². The Morgan fingerprint density at radius 2 is 2.11 bits per heavy atom. The molecule has 2 aromatic carbocycles. The van der Waals surface area contributed by atoms with Crippen LogP contribution in [0, 0.1) is 5.92 Å². The van der Waals surface area contributed by atoms with E-state index < -0.39 is 5.92 Å². The van der Waals surface area contributed by atoms with Crippen molar-refractivity contribution in [1.29, 1.82) is 0 Å². The van der Waals surface area contributed by atoms with Crippen LogP contribution in [0.2, 0.25) is 0 Å². The van der Waals surface area contributed by atoms with Crippen molar-refractivity contribution in [3.63, 3.8) is 0 Å². The van der Waals surface area contributed by atoms with Crippen molar-refractivity contribution in [3.8, 4) is 16.3 Å². The van der Waals surface area contributed by atoms with Crippen LogP contribution in [-0.2, 0) is 14.3 Å². The minimum absolute atomic E-state index is 0.113. The van der Waals surface area contributed by atoms with Crippen molar-refractivity contribution in [1.82, 2.24) is 4.98 Å². The van der Waals surface area contributed by atoms with E-state index >= 15 is 0 Å². The van der Waals surface area contributed by atoms with Gasteiger partial charge >= 0.3 is 5.97 Å². The zero-order valence-electron chi connectivity index (χ0n) is 15.7. The fourth-order valence-electron chi connectivity index (χ4n) is 3.39. The van der Waals surface area contributed by atoms with Crippen LogP contribution in [0.3, 0.4) is 0 Å². The lowest BCUT2D eigenvalue weighted by atomic mass is 10.1. The molecule has 1 saturated heterocycles. The molecule has 0 bridgehead atoms. The predicted molar refractivity (Wildman–Crippen MR) is 109 cm³/mol. The van der Waals surface area contributed by atoms with Crippen molar-refractivity contribution in [2.45, 2.75) is 13.3 Å². The summed E-state index contributed by atoms with van der Waals surface area (Å²) < 4.78 is 11.7. The van der Waals surface area contributed by atoms with Gasteiger partial charge in [-0.15, -0.1) is 11.3 Å². The Labute approximate surface area is 166 Å². The lowest BCUT2D eigenvalue weighted by molar-refractivity contribution is -0.147. The molecule has 1 aromatic heterocycles. The summed E-state index contributed by atoms with van der Waals surface area (Å²) >= 11 is 1.60. The molecule has 0 unspecified atom stereocenters. The topological polar surface area (TPSA) is 68.7 Å². The number of esters is 1. The zero-order valence-corrected chi connectivity index (χ0v) is 16.5. The molecule has 0 radical (unpaired) electrons. The van der Waals surface area contributed by atoms with E-state index in [9.17, 15) is 9.59 Å². The molecular formula is C21H20N2O4S. The second-order valence-corrected chi connectivity index (χ2v) is 7.56. The number of hydrogen-bond acceptors (Lipinski definition) is 6. The first-order valence-corrected chi connectivity index (χ1v) is 9.93. The number of carbonyl (C=O) groups is 2. The molecule has 1 fully saturated rings. The second-order valence-electron chi connectivity index (χ2n) is 6.53. The molecule has 6 nitrogen and oxygen atoms in total. The number of rotatable bonds is 5. The molecule has 0 spiro atoms. The summed E-state index contributed by atoms with van der Waals surface area (Å²) in [5, 5.41) is 0.874. The third kappa shape index (κ3) is 3.33. The maximum Gasteiger partial charge on any atom is 0.311 e. The number of fused-ring (bicyclic) bond motifs is 1. The number of carbonyl (C=O) groups excluding carboxylic acids is 2. The van der Waals surface area contributed by atoms with Gasteiger partial charge in [0.1, 0.15) is 10.8 Å². The standard InChI is InChI=1S/C21H20N2O4S/c1-3-27-21(25)14-11-19(24)23(12-14)16-10-13(8-9-17(16)26-2)20-22-15-6-4-5-7-18(15)28-20/h4-10,14H,3,11-12H2,1-2H3/t14-/m1/s1. The van der Waals surface area contributed by atoms with Gasteiger partial charge in [-0.3, -0.25) is 9.59 Å². The predicted octanol–water partition coefficient (Wildman–Crippen LogP) is 3.89. The highest BCUT2D eigenvalue weighted by molar-refractivity contribution is 7.21. The lowest BCUT2D eigenvalue weighted by Crippen LogP contribution is -2.26. The normalized spacial score (nSPS) is 16.6. The largest absolute Gasteiger partial charge is 0.495 e. The lowest BCUT2D eigenvalue weighted by Gasteiger charge is -2.20. The third-order valence-corrected chi connectivity index (χ3v) is 5.84. The Balaban J connectivity index is 1.69. The maximum atomic E-state index is 12.6. The Morgan fingerprint density at radius 1 is 1.29 bits per heavy atom. The first-order valence-electron chi connectivity index (χ1n) is 9.11. The first-order chi connectivity index (χ1) is 13.6. The van der Waals surface area contributed by atoms with Crippen LogP contribution in [0.4, 0.5) is 5.69 Å². The van der Waals surface area contributed by atoms with Crippen LogP contribution in [0.25, 0.3) is 20.8 Å². The summed E-state index contributed by atoms with van der Waals surface area (Å²) in [7, 11) is 1.57. The Bertz CT molecular complexity index is 1010. The first kappa shape index (κ1) is 18.4. The van der Waals surface area contributed by atoms with Crippen LogP contribution < -0.4 is 9.64 Å². The number of amides is 1. The average Bonchev–Trinajstić information content (AvgIpc) is 3.31. The Morgan fingerprint density at radius 3 is 2.86 bits per heavy atom. The van der Waals surface area contributed by atoms with Gasteiger partial charge in [-0.1, -0.05) is 12.1 Å². The van der Waals surface area contributed by atoms with Crippen molar-refractivity contribution >= 4 is 39.1 Å². The summed E-state index contributed by atoms with van der Waals surface area (Å²) in [6.45, 7) is 2.36. The smallest absolute Gasteiger partial charge is 0.311 e. The van der Waals surface area contributed by atoms with Crippen molar-refractivity contribution in [3.05, 3.63) is 42.5 Å². The molecular weight excluding hydrogens is 376 g/mol. The quantitative estimate of drug-likeness (QED) is 0.612. The van der Waals surface area contributed by atoms with Gasteiger partial charge in [0.2, 0.25) is 5.91 Å². The molecule has 2 heterocycles. The van der Waals surface area contributed by atoms with Crippen LogP contribution >= 0.6 is 11.3 Å². The van der Waals surface area contributed by atoms with E-state index in [-0.39, 0.29) is 24.8 Å². The minimum Gasteiger partial charge on any atom is -0.495 e. The zero-order chi connectivity index (χ0) is 19.7. The number of anilines is 1. The highest BCUT2D eigenvalue weighted by Crippen LogP contribution is 2.38. The Hall–Kier alpha value is -2.93. The molecule has 28 heavy (non-hydrogen) atoms. The summed E-state index contributed by atoms with van der Waals surface area (Å²) in [4.78, 5) is 31.0. The van der Waals surface area contributed by atoms with Gasteiger partial charge < -0.3 is 14.4 Å². The number of thiazole rings is 1. The molecule has 4 rings (SSSR count). The SMILES string of the molecule is CCOC(=O)[C@@H]1CC(=O)N(c2cc(-c3nc4ccccc4s3)ccc2OC)C1. The molecule has 1 aliphatic heterocycles. The third-order valence-electron chi connectivity index (χ3n) is 4.76. The van der Waals surface area contributed by atoms with Gasteiger partial charge in [0.25, 0.3) is 0 Å². The number of ether oxygens (including phenoxy) is 2. The number of methoxy groups -OCH3 is 1. The van der Waals surface area contributed by atoms with Gasteiger partial charge in [-0.2, -0.15) is 0 Å². The van der Waals surface area contributed by atoms with Crippen molar-refractivity contribution in [2.24, 2.45) is 5.92 Å². The average molecular weight is 396 g/mol. The molecule has 7 heteroatoms. The van der Waals surface area contributed by atoms with E-state index in [0.29, 0.717) is 18.0 Å². The molecule has 144 valence electrons. The fraction of sp³-hybridized carbons (Fsp3) is 0.286. The van der Waals surface area contributed by atoms with Crippen LogP contribution in [0.15, 0.2) is 42.5 Å². The molecule has 1 atom stereocenters. The van der Waals surface area contributed by atoms with Crippen LogP contribution in [-0.4, -0.2) is 37.1 Å². The Kier molecular flexibility index (Phi) is 5.00. The van der Waals surface area contributed by atoms with Crippen LogP contribution in [0.5, 0.6) is 5.75 Å². The summed E-state index contributed by atoms with van der Waals surface area (Å²) in [6, 6.07) is 13.6. The number of nitrogens with zero attached hydrogens (tertiary/aromatic N) is 2. The molecule has 1 aliphatic rings. The van der Waals surface area contributed by atoms with E-state index in [1.54, 1.807) is 30.3 Å². The van der Waals surface area contributed by atoms with E-state index in [1.165, 1.54) is 0 Å². The van der Waals surface area contributed by atoms with E-state index in [1.807, 2.05) is 42.5 Å². The van der Waals surface area contributed by atoms with E-state index in [2.05, 4.69) is 0 Å². The van der Waals surface area contributed by atoms with Gasteiger partial charge in [0.15, 0.2) is 0 Å². The summed E-state index contributed by atoms with van der Waals surface area (Å²) in [6.07, 6.45) is 0.146. The highest BCUT2D eigenvalue weighted by Gasteiger charge is 2.37. The van der Waals surface area contributed by atoms with Crippen LogP contribution in [0.1, 0.15) is 13.3 Å². The van der Waals surface area contributed by atoms with E-state index in [4.69, 9.17) is 14.5 Å². The van der Waals surface area contributed by atoms with E-state index in [0.717, 1.165) is 20.8 Å². The molecule has 1 amide bonds. The maximum absolute atomic E-state index is 12.6. The molecule has 0 saturated carbocycles. The minimum atomic E-state index is -0.455. The number of aromatic nitrogens is 1. The van der Waals surface area contributed by atoms with Crippen molar-refractivity contribution in [2.75, 3.05) is 25.2 Å². The van der Waals surface area contributed by atoms with Gasteiger partial charge in [-0.25, -0.2) is 4.98 Å². The fourth-order valence-corrected chi connectivity index (χ4v) is 4.35. The summed E-state index contributed by atoms with van der Waals surface area (Å²) in [5.41, 5.74) is 2.50. The number of hydrogen-bond donors (Lipinski definition) is 0. The van der Waals surface area contributed by atoms with Gasteiger partial charge in [-0.05, 0) is 37.3 Å². The number of para-hydroxylation sites is 1. The second kappa shape index (κ2) is 7.59. The number of benzene rings is 2.